The minimum atomic E-state index is 0.568. The molecule has 0 atom stereocenters. The van der Waals surface area contributed by atoms with Crippen LogP contribution in [-0.4, -0.2) is 19.5 Å². The molecule has 3 heterocycles. The topological polar surface area (TPSA) is 56.7 Å². The van der Waals surface area contributed by atoms with E-state index in [1.165, 1.54) is 38.2 Å². The van der Waals surface area contributed by atoms with Gasteiger partial charge in [0.1, 0.15) is 11.2 Å². The minimum absolute atomic E-state index is 0.568. The van der Waals surface area contributed by atoms with Crippen molar-refractivity contribution < 1.29 is 4.42 Å². The van der Waals surface area contributed by atoms with Crippen molar-refractivity contribution in [1.29, 1.82) is 0 Å². The van der Waals surface area contributed by atoms with Crippen molar-refractivity contribution in [3.63, 3.8) is 0 Å². The lowest BCUT2D eigenvalue weighted by molar-refractivity contribution is 0.668. The van der Waals surface area contributed by atoms with Crippen LogP contribution in [0.4, 0.5) is 0 Å². The highest BCUT2D eigenvalue weighted by Gasteiger charge is 2.24. The Balaban J connectivity index is 1.02. The van der Waals surface area contributed by atoms with Gasteiger partial charge in [0.15, 0.2) is 17.5 Å². The predicted octanol–water partition coefficient (Wildman–Crippen LogP) is 18.3. The number of benzene rings is 12. The Hall–Kier alpha value is -9.97. The molecular formula is C69H42N4O. The van der Waals surface area contributed by atoms with Crippen molar-refractivity contribution >= 4 is 76.1 Å². The molecule has 0 amide bonds. The van der Waals surface area contributed by atoms with Crippen molar-refractivity contribution in [2.24, 2.45) is 0 Å². The molecule has 5 heteroatoms. The standard InChI is InChI=1S/C69H42N4O/c1-2-18-43(19-3-1)50-28-10-11-31-53(50)48-26-14-27-49(38-48)58-41-60-65(42-63(58)73-61-36-13-12-32-54(61)59-39-46-22-4-5-23-47(46)40-62(59)73)74-64-37-17-35-57(66(60)64)69-71-67(55-33-15-24-44-20-6-8-29-51(44)55)70-68(72-69)56-34-16-25-45-21-7-9-30-52(45)56/h1-42H. The largest absolute Gasteiger partial charge is 0.456 e. The molecule has 344 valence electrons. The van der Waals surface area contributed by atoms with Crippen LogP contribution in [0.5, 0.6) is 0 Å². The monoisotopic (exact) mass is 942 g/mol. The van der Waals surface area contributed by atoms with E-state index in [2.05, 4.69) is 253 Å². The average molecular weight is 943 g/mol. The van der Waals surface area contributed by atoms with E-state index >= 15 is 0 Å². The van der Waals surface area contributed by atoms with E-state index in [0.717, 1.165) is 93.6 Å². The molecule has 0 aliphatic rings. The lowest BCUT2D eigenvalue weighted by atomic mass is 9.92. The first-order chi connectivity index (χ1) is 36.7. The Bertz CT molecular complexity index is 4630. The summed E-state index contributed by atoms with van der Waals surface area (Å²) in [6.45, 7) is 0. The Morgan fingerprint density at radius 3 is 1.46 bits per heavy atom. The maximum Gasteiger partial charge on any atom is 0.164 e. The summed E-state index contributed by atoms with van der Waals surface area (Å²) in [6, 6.07) is 90.7. The zero-order chi connectivity index (χ0) is 48.7. The molecule has 0 aliphatic heterocycles. The summed E-state index contributed by atoms with van der Waals surface area (Å²) in [4.78, 5) is 16.1. The number of hydrogen-bond acceptors (Lipinski definition) is 4. The van der Waals surface area contributed by atoms with E-state index in [1.807, 2.05) is 6.07 Å². The van der Waals surface area contributed by atoms with E-state index in [4.69, 9.17) is 19.4 Å². The van der Waals surface area contributed by atoms with Gasteiger partial charge in [0, 0.05) is 49.9 Å². The Labute approximate surface area is 425 Å². The first-order valence-electron chi connectivity index (χ1n) is 25.1. The second-order valence-electron chi connectivity index (χ2n) is 19.1. The van der Waals surface area contributed by atoms with E-state index in [9.17, 15) is 0 Å². The van der Waals surface area contributed by atoms with Gasteiger partial charge in [0.25, 0.3) is 0 Å². The highest BCUT2D eigenvalue weighted by molar-refractivity contribution is 6.17. The highest BCUT2D eigenvalue weighted by Crippen LogP contribution is 2.45. The molecule has 74 heavy (non-hydrogen) atoms. The van der Waals surface area contributed by atoms with Crippen LogP contribution in [0.2, 0.25) is 0 Å². The van der Waals surface area contributed by atoms with Gasteiger partial charge in [-0.3, -0.25) is 0 Å². The van der Waals surface area contributed by atoms with Crippen molar-refractivity contribution in [3.8, 4) is 73.2 Å². The van der Waals surface area contributed by atoms with Crippen molar-refractivity contribution in [1.82, 2.24) is 19.5 Å². The molecule has 15 aromatic rings. The number of nitrogens with zero attached hydrogens (tertiary/aromatic N) is 4. The third-order valence-electron chi connectivity index (χ3n) is 14.8. The smallest absolute Gasteiger partial charge is 0.164 e. The first-order valence-corrected chi connectivity index (χ1v) is 25.1. The van der Waals surface area contributed by atoms with Crippen LogP contribution in [0.1, 0.15) is 0 Å². The van der Waals surface area contributed by atoms with Gasteiger partial charge in [0.2, 0.25) is 0 Å². The summed E-state index contributed by atoms with van der Waals surface area (Å²) < 4.78 is 9.49. The van der Waals surface area contributed by atoms with E-state index in [0.29, 0.717) is 17.5 Å². The molecule has 0 saturated heterocycles. The number of rotatable bonds is 7. The Morgan fingerprint density at radius 1 is 0.270 bits per heavy atom. The summed E-state index contributed by atoms with van der Waals surface area (Å²) >= 11 is 0. The molecule has 0 spiro atoms. The molecule has 0 bridgehead atoms. The van der Waals surface area contributed by atoms with E-state index in [-0.39, 0.29) is 0 Å². The second-order valence-corrected chi connectivity index (χ2v) is 19.1. The fourth-order valence-corrected chi connectivity index (χ4v) is 11.4. The molecule has 0 unspecified atom stereocenters. The summed E-state index contributed by atoms with van der Waals surface area (Å²) in [6.07, 6.45) is 0. The second kappa shape index (κ2) is 16.8. The van der Waals surface area contributed by atoms with E-state index < -0.39 is 0 Å². The fraction of sp³-hybridized carbons (Fsp3) is 0. The van der Waals surface area contributed by atoms with Crippen LogP contribution < -0.4 is 0 Å². The maximum absolute atomic E-state index is 7.06. The quantitative estimate of drug-likeness (QED) is 0.160. The van der Waals surface area contributed by atoms with E-state index in [1.54, 1.807) is 0 Å². The van der Waals surface area contributed by atoms with Crippen LogP contribution in [0.25, 0.3) is 149 Å². The van der Waals surface area contributed by atoms with Gasteiger partial charge in [0.05, 0.1) is 16.7 Å². The summed E-state index contributed by atoms with van der Waals surface area (Å²) in [5, 5.41) is 11.1. The molecule has 15 rings (SSSR count). The molecule has 0 aliphatic carbocycles. The van der Waals surface area contributed by atoms with Gasteiger partial charge in [-0.15, -0.1) is 0 Å². The predicted molar refractivity (Wildman–Crippen MR) is 307 cm³/mol. The first kappa shape index (κ1) is 41.8. The summed E-state index contributed by atoms with van der Waals surface area (Å²) in [5.41, 5.74) is 14.3. The van der Waals surface area contributed by atoms with Crippen LogP contribution >= 0.6 is 0 Å². The summed E-state index contributed by atoms with van der Waals surface area (Å²) in [5.74, 6) is 1.78. The zero-order valence-corrected chi connectivity index (χ0v) is 39.9. The normalized spacial score (nSPS) is 11.8. The lowest BCUT2D eigenvalue weighted by Gasteiger charge is -2.16. The van der Waals surface area contributed by atoms with Gasteiger partial charge in [-0.25, -0.2) is 15.0 Å². The zero-order valence-electron chi connectivity index (χ0n) is 39.9. The average Bonchev–Trinajstić information content (AvgIpc) is 4.02. The third kappa shape index (κ3) is 6.75. The number of para-hydroxylation sites is 1. The van der Waals surface area contributed by atoms with Gasteiger partial charge < -0.3 is 8.98 Å². The highest BCUT2D eigenvalue weighted by atomic mass is 16.3. The molecule has 3 aromatic heterocycles. The SMILES string of the molecule is c1ccc(-c2ccccc2-c2cccc(-c3cc4c(cc3-n3c5ccccc5c5cc6ccccc6cc53)oc3cccc(-c5nc(-c6cccc7ccccc67)nc(-c6cccc7ccccc67)n5)c34)c2)cc1. The minimum Gasteiger partial charge on any atom is -0.456 e. The number of furan rings is 1. The van der Waals surface area contributed by atoms with Gasteiger partial charge in [-0.1, -0.05) is 212 Å². The van der Waals surface area contributed by atoms with Crippen LogP contribution in [0.15, 0.2) is 259 Å². The Morgan fingerprint density at radius 2 is 0.757 bits per heavy atom. The molecular weight excluding hydrogens is 901 g/mol. The van der Waals surface area contributed by atoms with Crippen molar-refractivity contribution in [3.05, 3.63) is 255 Å². The third-order valence-corrected chi connectivity index (χ3v) is 14.8. The lowest BCUT2D eigenvalue weighted by Crippen LogP contribution is -2.01. The van der Waals surface area contributed by atoms with Crippen LogP contribution in [0.3, 0.4) is 0 Å². The molecule has 0 radical (unpaired) electrons. The molecule has 5 nitrogen and oxygen atoms in total. The Kier molecular flexibility index (Phi) is 9.50. The maximum atomic E-state index is 7.06. The molecule has 12 aromatic carbocycles. The molecule has 0 N–H and O–H groups in total. The number of fused-ring (bicyclic) bond motifs is 9. The van der Waals surface area contributed by atoms with Crippen molar-refractivity contribution in [2.75, 3.05) is 0 Å². The molecule has 0 fully saturated rings. The fourth-order valence-electron chi connectivity index (χ4n) is 11.4. The van der Waals surface area contributed by atoms with Crippen LogP contribution in [-0.2, 0) is 0 Å². The van der Waals surface area contributed by atoms with Gasteiger partial charge in [-0.2, -0.15) is 0 Å². The van der Waals surface area contributed by atoms with Gasteiger partial charge >= 0.3 is 0 Å². The number of hydrogen-bond donors (Lipinski definition) is 0. The molecule has 0 saturated carbocycles. The van der Waals surface area contributed by atoms with Crippen molar-refractivity contribution in [2.45, 2.75) is 0 Å². The van der Waals surface area contributed by atoms with Crippen LogP contribution in [0, 0.1) is 0 Å². The van der Waals surface area contributed by atoms with Gasteiger partial charge in [-0.05, 0) is 96.5 Å². The summed E-state index contributed by atoms with van der Waals surface area (Å²) in [7, 11) is 0. The number of aromatic nitrogens is 4.